The monoisotopic (exact) mass is 269 g/mol. The summed E-state index contributed by atoms with van der Waals surface area (Å²) in [6, 6.07) is 0. The third kappa shape index (κ3) is 12.5. The molecule has 0 aromatic heterocycles. The van der Waals surface area contributed by atoms with Crippen molar-refractivity contribution in [3.8, 4) is 0 Å². The molecule has 0 aliphatic rings. The maximum absolute atomic E-state index is 4.89. The first-order valence-electron chi connectivity index (χ1n) is 0.860. The normalized spacial score (nSPS) is 3.40. The summed E-state index contributed by atoms with van der Waals surface area (Å²) in [6.45, 7) is 3.17. The van der Waals surface area contributed by atoms with Crippen LogP contribution in [-0.2, 0) is 21.1 Å². The van der Waals surface area contributed by atoms with Gasteiger partial charge in [-0.2, -0.15) is 0 Å². The van der Waals surface area contributed by atoms with E-state index in [-0.39, 0.29) is 21.1 Å². The fourth-order valence-electron chi connectivity index (χ4n) is 0. The molecule has 0 atom stereocenters. The number of hydrogen-bond acceptors (Lipinski definition) is 0. The van der Waals surface area contributed by atoms with E-state index in [4.69, 9.17) is 11.6 Å². The van der Waals surface area contributed by atoms with E-state index < -0.39 is 0 Å². The molecule has 0 bridgehead atoms. The van der Waals surface area contributed by atoms with Gasteiger partial charge in [0, 0.05) is 26.6 Å². The molecule has 0 saturated heterocycles. The molecule has 0 aromatic rings. The standard InChI is InChI=1S/C3H3Cl.Pt/c1-2-3-4;/h3H,1H2;. The van der Waals surface area contributed by atoms with Gasteiger partial charge in [-0.25, -0.2) is 0 Å². The first kappa shape index (κ1) is 9.09. The van der Waals surface area contributed by atoms with Crippen LogP contribution >= 0.6 is 11.6 Å². The van der Waals surface area contributed by atoms with Crippen molar-refractivity contribution < 1.29 is 21.1 Å². The molecule has 32 valence electrons. The molecule has 0 amide bonds. The van der Waals surface area contributed by atoms with Gasteiger partial charge in [-0.3, -0.25) is 0 Å². The summed E-state index contributed by atoms with van der Waals surface area (Å²) in [6.07, 6.45) is 0. The predicted molar refractivity (Wildman–Crippen MR) is 19.6 cm³/mol. The van der Waals surface area contributed by atoms with E-state index >= 15 is 0 Å². The van der Waals surface area contributed by atoms with Gasteiger partial charge in [-0.05, 0) is 0 Å². The van der Waals surface area contributed by atoms with Crippen molar-refractivity contribution >= 4 is 11.6 Å². The Kier molecular flexibility index (Phi) is 16.0. The molecule has 0 aliphatic heterocycles. The first-order valence-corrected chi connectivity index (χ1v) is 1.30. The molecule has 5 heavy (non-hydrogen) atoms. The molecule has 0 heterocycles. The van der Waals surface area contributed by atoms with Crippen molar-refractivity contribution in [2.24, 2.45) is 0 Å². The van der Waals surface area contributed by atoms with E-state index in [0.29, 0.717) is 0 Å². The van der Waals surface area contributed by atoms with Crippen LogP contribution in [0.1, 0.15) is 0 Å². The largest absolute Gasteiger partial charge is 0.116 e. The summed E-state index contributed by atoms with van der Waals surface area (Å²) in [5.74, 6) is 0. The minimum absolute atomic E-state index is 0. The predicted octanol–water partition coefficient (Wildman–Crippen LogP) is 1.52. The summed E-state index contributed by atoms with van der Waals surface area (Å²) in [5.41, 5.74) is 3.56. The Hall–Kier alpha value is 0.498. The molecule has 0 N–H and O–H groups in total. The van der Waals surface area contributed by atoms with Crippen LogP contribution in [0.25, 0.3) is 0 Å². The average Bonchev–Trinajstić information content (AvgIpc) is 1.37. The maximum atomic E-state index is 4.89. The molecule has 0 rings (SSSR count). The van der Waals surface area contributed by atoms with Gasteiger partial charge in [0.05, 0.1) is 0 Å². The Labute approximate surface area is 50.8 Å². The van der Waals surface area contributed by atoms with Crippen molar-refractivity contribution in [2.45, 2.75) is 0 Å². The quantitative estimate of drug-likeness (QED) is 0.585. The van der Waals surface area contributed by atoms with Crippen molar-refractivity contribution in [1.82, 2.24) is 0 Å². The van der Waals surface area contributed by atoms with E-state index in [1.165, 1.54) is 5.54 Å². The SMILES string of the molecule is C=C=CCl.[Pt]. The molecule has 0 fully saturated rings. The van der Waals surface area contributed by atoms with Gasteiger partial charge in [0.25, 0.3) is 0 Å². The molecule has 0 unspecified atom stereocenters. The molecule has 0 radical (unpaired) electrons. The van der Waals surface area contributed by atoms with Crippen LogP contribution in [0.5, 0.6) is 0 Å². The van der Waals surface area contributed by atoms with Crippen molar-refractivity contribution in [3.05, 3.63) is 17.8 Å². The summed E-state index contributed by atoms with van der Waals surface area (Å²) in [7, 11) is 0. The summed E-state index contributed by atoms with van der Waals surface area (Å²) in [5, 5.41) is 0. The average molecular weight is 270 g/mol. The van der Waals surface area contributed by atoms with Crippen molar-refractivity contribution in [3.63, 3.8) is 0 Å². The van der Waals surface area contributed by atoms with E-state index in [9.17, 15) is 0 Å². The van der Waals surface area contributed by atoms with Crippen molar-refractivity contribution in [2.75, 3.05) is 0 Å². The number of halogens is 1. The number of rotatable bonds is 0. The number of hydrogen-bond donors (Lipinski definition) is 0. The third-order valence-corrected chi connectivity index (χ3v) is 0.231. The second kappa shape index (κ2) is 8.82. The molecular weight excluding hydrogens is 267 g/mol. The van der Waals surface area contributed by atoms with E-state index in [0.717, 1.165) is 0 Å². The molecule has 0 aliphatic carbocycles. The molecular formula is C3H3ClPt. The molecule has 2 heteroatoms. The minimum atomic E-state index is 0. The molecule has 0 spiro atoms. The zero-order valence-corrected chi connectivity index (χ0v) is 5.51. The zero-order valence-electron chi connectivity index (χ0n) is 2.48. The van der Waals surface area contributed by atoms with Crippen LogP contribution in [-0.4, -0.2) is 0 Å². The second-order valence-corrected chi connectivity index (χ2v) is 0.531. The van der Waals surface area contributed by atoms with Crippen LogP contribution in [0.15, 0.2) is 17.8 Å². The summed E-state index contributed by atoms with van der Waals surface area (Å²) >= 11 is 4.89. The van der Waals surface area contributed by atoms with Crippen LogP contribution < -0.4 is 0 Å². The van der Waals surface area contributed by atoms with Gasteiger partial charge >= 0.3 is 0 Å². The third-order valence-electron chi connectivity index (χ3n) is 0.0772. The zero-order chi connectivity index (χ0) is 3.41. The van der Waals surface area contributed by atoms with Gasteiger partial charge in [-0.1, -0.05) is 18.2 Å². The van der Waals surface area contributed by atoms with Crippen molar-refractivity contribution in [1.29, 1.82) is 0 Å². The second-order valence-electron chi connectivity index (χ2n) is 0.313. The summed E-state index contributed by atoms with van der Waals surface area (Å²) in [4.78, 5) is 0. The molecule has 0 aromatic carbocycles. The minimum Gasteiger partial charge on any atom is -0.116 e. The van der Waals surface area contributed by atoms with Gasteiger partial charge in [-0.15, -0.1) is 5.73 Å². The van der Waals surface area contributed by atoms with Gasteiger partial charge < -0.3 is 0 Å². The van der Waals surface area contributed by atoms with Gasteiger partial charge in [0.1, 0.15) is 0 Å². The Morgan fingerprint density at radius 1 is 1.80 bits per heavy atom. The Bertz CT molecular complexity index is 44.9. The van der Waals surface area contributed by atoms with E-state index in [2.05, 4.69) is 12.3 Å². The van der Waals surface area contributed by atoms with Crippen LogP contribution in [0.4, 0.5) is 0 Å². The van der Waals surface area contributed by atoms with E-state index in [1.807, 2.05) is 0 Å². The van der Waals surface area contributed by atoms with Gasteiger partial charge in [0.15, 0.2) is 0 Å². The molecule has 0 nitrogen and oxygen atoms in total. The topological polar surface area (TPSA) is 0 Å². The van der Waals surface area contributed by atoms with Gasteiger partial charge in [0.2, 0.25) is 0 Å². The fourth-order valence-corrected chi connectivity index (χ4v) is 0. The van der Waals surface area contributed by atoms with Crippen LogP contribution in [0.2, 0.25) is 0 Å². The maximum Gasteiger partial charge on any atom is 0.0456 e. The molecule has 0 saturated carbocycles. The van der Waals surface area contributed by atoms with Crippen LogP contribution in [0.3, 0.4) is 0 Å². The van der Waals surface area contributed by atoms with E-state index in [1.54, 1.807) is 0 Å². The Morgan fingerprint density at radius 2 is 2.00 bits per heavy atom. The van der Waals surface area contributed by atoms with Crippen LogP contribution in [0, 0.1) is 0 Å². The Balaban J connectivity index is 0. The fraction of sp³-hybridized carbons (Fsp3) is 0. The first-order chi connectivity index (χ1) is 1.91. The summed E-state index contributed by atoms with van der Waals surface area (Å²) < 4.78 is 0. The Morgan fingerprint density at radius 3 is 2.00 bits per heavy atom. The smallest absolute Gasteiger partial charge is 0.0456 e.